The highest BCUT2D eigenvalue weighted by molar-refractivity contribution is 14.0. The number of aliphatic imine (C=N–C) groups is 1. The fraction of sp³-hybridized carbons (Fsp3) is 0.357. The molecule has 0 saturated heterocycles. The molecule has 1 aliphatic carbocycles. The monoisotopic (exact) mass is 398 g/mol. The van der Waals surface area contributed by atoms with E-state index in [1.807, 2.05) is 36.3 Å². The van der Waals surface area contributed by atoms with Crippen molar-refractivity contribution in [2.45, 2.75) is 25.4 Å². The van der Waals surface area contributed by atoms with E-state index in [-0.39, 0.29) is 24.0 Å². The van der Waals surface area contributed by atoms with Crippen LogP contribution in [-0.4, -0.2) is 38.7 Å². The molecule has 1 fully saturated rings. The van der Waals surface area contributed by atoms with Gasteiger partial charge in [0.25, 0.3) is 0 Å². The maximum absolute atomic E-state index is 6.01. The lowest BCUT2D eigenvalue weighted by atomic mass is 10.2. The Balaban J connectivity index is 0.00000161. The zero-order valence-electron chi connectivity index (χ0n) is 11.9. The zero-order chi connectivity index (χ0) is 13.9. The molecular formula is C14H19IN6. The van der Waals surface area contributed by atoms with E-state index in [1.54, 1.807) is 17.1 Å². The van der Waals surface area contributed by atoms with Crippen LogP contribution in [0.1, 0.15) is 18.4 Å². The summed E-state index contributed by atoms with van der Waals surface area (Å²) in [5.41, 5.74) is 7.01. The number of hydrogen-bond acceptors (Lipinski definition) is 3. The van der Waals surface area contributed by atoms with Crippen LogP contribution in [0, 0.1) is 0 Å². The van der Waals surface area contributed by atoms with Crippen LogP contribution >= 0.6 is 24.0 Å². The van der Waals surface area contributed by atoms with Gasteiger partial charge in [0.05, 0.1) is 6.54 Å². The molecule has 2 heterocycles. The molecule has 7 heteroatoms. The Labute approximate surface area is 141 Å². The molecule has 112 valence electrons. The highest BCUT2D eigenvalue weighted by Crippen LogP contribution is 2.25. The number of guanidine groups is 1. The fourth-order valence-electron chi connectivity index (χ4n) is 2.08. The quantitative estimate of drug-likeness (QED) is 0.484. The van der Waals surface area contributed by atoms with Crippen LogP contribution < -0.4 is 5.73 Å². The van der Waals surface area contributed by atoms with E-state index in [1.165, 1.54) is 12.8 Å². The predicted molar refractivity (Wildman–Crippen MR) is 92.9 cm³/mol. The molecule has 2 aromatic heterocycles. The van der Waals surface area contributed by atoms with Crippen molar-refractivity contribution in [2.24, 2.45) is 10.7 Å². The van der Waals surface area contributed by atoms with Gasteiger partial charge in [-0.05, 0) is 25.0 Å². The maximum Gasteiger partial charge on any atom is 0.191 e. The van der Waals surface area contributed by atoms with Gasteiger partial charge in [0, 0.05) is 37.2 Å². The smallest absolute Gasteiger partial charge is 0.191 e. The summed E-state index contributed by atoms with van der Waals surface area (Å²) in [7, 11) is 1.99. The van der Waals surface area contributed by atoms with Crippen LogP contribution in [-0.2, 0) is 6.54 Å². The Bertz CT molecular complexity index is 606. The summed E-state index contributed by atoms with van der Waals surface area (Å²) in [4.78, 5) is 10.9. The van der Waals surface area contributed by atoms with Gasteiger partial charge in [-0.25, -0.2) is 14.7 Å². The van der Waals surface area contributed by atoms with Gasteiger partial charge in [-0.2, -0.15) is 5.10 Å². The summed E-state index contributed by atoms with van der Waals surface area (Å²) in [6.07, 6.45) is 7.77. The minimum atomic E-state index is 0. The third-order valence-corrected chi connectivity index (χ3v) is 3.46. The number of rotatable bonds is 4. The molecule has 6 nitrogen and oxygen atoms in total. The Morgan fingerprint density at radius 3 is 2.90 bits per heavy atom. The molecule has 0 aliphatic heterocycles. The second-order valence-corrected chi connectivity index (χ2v) is 4.95. The minimum Gasteiger partial charge on any atom is -0.370 e. The summed E-state index contributed by atoms with van der Waals surface area (Å²) < 4.78 is 1.74. The Morgan fingerprint density at radius 2 is 2.24 bits per heavy atom. The molecule has 1 saturated carbocycles. The molecular weight excluding hydrogens is 379 g/mol. The zero-order valence-corrected chi connectivity index (χ0v) is 14.2. The Hall–Kier alpha value is -1.64. The number of nitrogens with zero attached hydrogens (tertiary/aromatic N) is 5. The van der Waals surface area contributed by atoms with Crippen molar-refractivity contribution in [3.63, 3.8) is 0 Å². The van der Waals surface area contributed by atoms with Gasteiger partial charge in [0.1, 0.15) is 0 Å². The first-order valence-electron chi connectivity index (χ1n) is 6.72. The summed E-state index contributed by atoms with van der Waals surface area (Å²) >= 11 is 0. The normalized spacial score (nSPS) is 14.6. The van der Waals surface area contributed by atoms with E-state index in [0.717, 1.165) is 11.4 Å². The van der Waals surface area contributed by atoms with Crippen molar-refractivity contribution in [1.82, 2.24) is 19.7 Å². The van der Waals surface area contributed by atoms with Crippen molar-refractivity contribution in [3.8, 4) is 5.82 Å². The first-order chi connectivity index (χ1) is 9.75. The Kier molecular flexibility index (Phi) is 5.16. The molecule has 0 bridgehead atoms. The standard InChI is InChI=1S/C14H18N6.HI/c1-19(12-5-6-12)14(15)17-10-11-4-2-7-16-13(11)20-9-3-8-18-20;/h2-4,7-9,12H,5-6,10H2,1H3,(H2,15,17);1H. The second kappa shape index (κ2) is 6.88. The summed E-state index contributed by atoms with van der Waals surface area (Å²) in [6, 6.07) is 6.34. The van der Waals surface area contributed by atoms with Gasteiger partial charge < -0.3 is 10.6 Å². The predicted octanol–water partition coefficient (Wildman–Crippen LogP) is 1.79. The largest absolute Gasteiger partial charge is 0.370 e. The van der Waals surface area contributed by atoms with E-state index in [4.69, 9.17) is 5.73 Å². The topological polar surface area (TPSA) is 72.3 Å². The van der Waals surface area contributed by atoms with Crippen molar-refractivity contribution in [2.75, 3.05) is 7.05 Å². The molecule has 2 N–H and O–H groups in total. The van der Waals surface area contributed by atoms with Gasteiger partial charge in [-0.3, -0.25) is 0 Å². The average Bonchev–Trinajstić information content (AvgIpc) is 3.19. The molecule has 0 atom stereocenters. The van der Waals surface area contributed by atoms with Gasteiger partial charge in [0.15, 0.2) is 11.8 Å². The molecule has 2 aromatic rings. The molecule has 3 rings (SSSR count). The van der Waals surface area contributed by atoms with Gasteiger partial charge in [-0.15, -0.1) is 24.0 Å². The van der Waals surface area contributed by atoms with Crippen LogP contribution in [0.5, 0.6) is 0 Å². The van der Waals surface area contributed by atoms with Crippen molar-refractivity contribution >= 4 is 29.9 Å². The maximum atomic E-state index is 6.01. The lowest BCUT2D eigenvalue weighted by Gasteiger charge is -2.17. The van der Waals surface area contributed by atoms with E-state index in [0.29, 0.717) is 18.5 Å². The molecule has 0 amide bonds. The second-order valence-electron chi connectivity index (χ2n) is 4.95. The molecule has 0 spiro atoms. The van der Waals surface area contributed by atoms with Crippen LogP contribution in [0.3, 0.4) is 0 Å². The van der Waals surface area contributed by atoms with Crippen LogP contribution in [0.4, 0.5) is 0 Å². The number of hydrogen-bond donors (Lipinski definition) is 1. The van der Waals surface area contributed by atoms with E-state index in [9.17, 15) is 0 Å². The number of aromatic nitrogens is 3. The van der Waals surface area contributed by atoms with Crippen LogP contribution in [0.15, 0.2) is 41.8 Å². The minimum absolute atomic E-state index is 0. The van der Waals surface area contributed by atoms with Gasteiger partial charge in [0.2, 0.25) is 0 Å². The van der Waals surface area contributed by atoms with E-state index >= 15 is 0 Å². The fourth-order valence-corrected chi connectivity index (χ4v) is 2.08. The molecule has 1 aliphatic rings. The number of halogens is 1. The van der Waals surface area contributed by atoms with Gasteiger partial charge in [-0.1, -0.05) is 6.07 Å². The average molecular weight is 398 g/mol. The summed E-state index contributed by atoms with van der Waals surface area (Å²) in [6.45, 7) is 0.506. The first kappa shape index (κ1) is 15.7. The van der Waals surface area contributed by atoms with E-state index in [2.05, 4.69) is 15.1 Å². The lowest BCUT2D eigenvalue weighted by molar-refractivity contribution is 0.487. The summed E-state index contributed by atoms with van der Waals surface area (Å²) in [5, 5.41) is 4.21. The molecule has 0 unspecified atom stereocenters. The van der Waals surface area contributed by atoms with Crippen molar-refractivity contribution in [1.29, 1.82) is 0 Å². The van der Waals surface area contributed by atoms with Crippen LogP contribution in [0.25, 0.3) is 5.82 Å². The SMILES string of the molecule is CN(C(N)=NCc1cccnc1-n1cccn1)C1CC1.I. The third kappa shape index (κ3) is 3.72. The highest BCUT2D eigenvalue weighted by atomic mass is 127. The highest BCUT2D eigenvalue weighted by Gasteiger charge is 2.27. The Morgan fingerprint density at radius 1 is 1.43 bits per heavy atom. The van der Waals surface area contributed by atoms with Crippen LogP contribution in [0.2, 0.25) is 0 Å². The number of pyridine rings is 1. The van der Waals surface area contributed by atoms with E-state index < -0.39 is 0 Å². The number of nitrogens with two attached hydrogens (primary N) is 1. The third-order valence-electron chi connectivity index (χ3n) is 3.46. The summed E-state index contributed by atoms with van der Waals surface area (Å²) in [5.74, 6) is 1.38. The first-order valence-corrected chi connectivity index (χ1v) is 6.72. The van der Waals surface area contributed by atoms with Crippen molar-refractivity contribution < 1.29 is 0 Å². The molecule has 0 aromatic carbocycles. The molecule has 0 radical (unpaired) electrons. The lowest BCUT2D eigenvalue weighted by Crippen LogP contribution is -2.35. The van der Waals surface area contributed by atoms with Gasteiger partial charge >= 0.3 is 0 Å². The van der Waals surface area contributed by atoms with Crippen molar-refractivity contribution in [3.05, 3.63) is 42.4 Å². The molecule has 21 heavy (non-hydrogen) atoms.